The average molecular weight is 401 g/mol. The van der Waals surface area contributed by atoms with Crippen LogP contribution in [0, 0.1) is 0 Å². The molecule has 5 nitrogen and oxygen atoms in total. The van der Waals surface area contributed by atoms with Crippen LogP contribution >= 0.6 is 11.3 Å². The number of aryl methyl sites for hydroxylation is 2. The fraction of sp³-hybridized carbons (Fsp3) is 0.174. The van der Waals surface area contributed by atoms with E-state index in [2.05, 4.69) is 10.3 Å². The summed E-state index contributed by atoms with van der Waals surface area (Å²) in [5.41, 5.74) is 3.94. The maximum Gasteiger partial charge on any atom is 0.300 e. The number of nitrogens with one attached hydrogen (secondary N) is 1. The molecule has 3 heterocycles. The number of fused-ring (bicyclic) bond motifs is 2. The van der Waals surface area contributed by atoms with Gasteiger partial charge in [-0.15, -0.1) is 11.3 Å². The Balaban J connectivity index is 1.52. The minimum Gasteiger partial charge on any atom is -0.313 e. The van der Waals surface area contributed by atoms with Crippen LogP contribution in [-0.4, -0.2) is 21.1 Å². The van der Waals surface area contributed by atoms with Crippen LogP contribution < -0.4 is 5.32 Å². The molecule has 4 aromatic rings. The summed E-state index contributed by atoms with van der Waals surface area (Å²) in [6.45, 7) is 0. The molecule has 3 aromatic heterocycles. The van der Waals surface area contributed by atoms with Crippen LogP contribution in [0.5, 0.6) is 0 Å². The van der Waals surface area contributed by atoms with Crippen LogP contribution in [0.15, 0.2) is 60.8 Å². The molecule has 144 valence electrons. The quantitative estimate of drug-likeness (QED) is 0.396. The van der Waals surface area contributed by atoms with Crippen molar-refractivity contribution < 1.29 is 9.59 Å². The van der Waals surface area contributed by atoms with Gasteiger partial charge in [-0.3, -0.25) is 14.9 Å². The summed E-state index contributed by atoms with van der Waals surface area (Å²) in [6.07, 6.45) is 6.03. The Labute approximate surface area is 172 Å². The highest BCUT2D eigenvalue weighted by Gasteiger charge is 2.26. The van der Waals surface area contributed by atoms with Gasteiger partial charge in [-0.25, -0.2) is 4.98 Å². The smallest absolute Gasteiger partial charge is 0.300 e. The molecule has 1 aromatic carbocycles. The zero-order valence-electron chi connectivity index (χ0n) is 15.7. The van der Waals surface area contributed by atoms with Crippen molar-refractivity contribution in [2.75, 3.05) is 5.32 Å². The van der Waals surface area contributed by atoms with Gasteiger partial charge in [0.25, 0.3) is 11.7 Å². The van der Waals surface area contributed by atoms with E-state index in [1.165, 1.54) is 16.2 Å². The predicted molar refractivity (Wildman–Crippen MR) is 115 cm³/mol. The Bertz CT molecular complexity index is 1200. The van der Waals surface area contributed by atoms with E-state index in [9.17, 15) is 9.59 Å². The van der Waals surface area contributed by atoms with E-state index in [0.29, 0.717) is 10.8 Å². The molecule has 29 heavy (non-hydrogen) atoms. The zero-order valence-corrected chi connectivity index (χ0v) is 16.5. The van der Waals surface area contributed by atoms with Crippen LogP contribution in [0.2, 0.25) is 0 Å². The number of pyridine rings is 1. The normalized spacial score (nSPS) is 13.2. The van der Waals surface area contributed by atoms with Crippen LogP contribution in [0.25, 0.3) is 16.6 Å². The lowest BCUT2D eigenvalue weighted by Gasteiger charge is -2.06. The van der Waals surface area contributed by atoms with E-state index in [1.807, 2.05) is 60.8 Å². The number of amides is 1. The van der Waals surface area contributed by atoms with Crippen molar-refractivity contribution in [1.82, 2.24) is 9.38 Å². The number of hydrogen-bond donors (Lipinski definition) is 1. The third kappa shape index (κ3) is 3.25. The Hall–Kier alpha value is -3.25. The minimum atomic E-state index is -0.655. The number of anilines is 1. The lowest BCUT2D eigenvalue weighted by atomic mass is 10.0. The summed E-state index contributed by atoms with van der Waals surface area (Å²) in [5.74, 6) is -1.22. The second-order valence-electron chi connectivity index (χ2n) is 7.15. The molecule has 0 fully saturated rings. The molecule has 0 spiro atoms. The van der Waals surface area contributed by atoms with Crippen LogP contribution in [-0.2, 0) is 17.6 Å². The monoisotopic (exact) mass is 401 g/mol. The number of carbonyl (C=O) groups is 2. The molecule has 0 saturated carbocycles. The van der Waals surface area contributed by atoms with Crippen LogP contribution in [0.3, 0.4) is 0 Å². The number of benzene rings is 1. The van der Waals surface area contributed by atoms with Gasteiger partial charge in [0, 0.05) is 22.2 Å². The Morgan fingerprint density at radius 2 is 1.79 bits per heavy atom. The molecular formula is C23H19N3O2S. The van der Waals surface area contributed by atoms with Crippen molar-refractivity contribution in [3.8, 4) is 11.1 Å². The average Bonchev–Trinajstić information content (AvgIpc) is 3.34. The Kier molecular flexibility index (Phi) is 4.48. The summed E-state index contributed by atoms with van der Waals surface area (Å²) in [6, 6.07) is 17.3. The highest BCUT2D eigenvalue weighted by Crippen LogP contribution is 2.31. The van der Waals surface area contributed by atoms with Gasteiger partial charge in [0.05, 0.1) is 5.69 Å². The van der Waals surface area contributed by atoms with Gasteiger partial charge in [-0.1, -0.05) is 36.4 Å². The summed E-state index contributed by atoms with van der Waals surface area (Å²) in [4.78, 5) is 31.8. The molecule has 0 radical (unpaired) electrons. The van der Waals surface area contributed by atoms with Crippen LogP contribution in [0.4, 0.5) is 5.13 Å². The number of carbonyl (C=O) groups excluding carboxylic acids is 2. The highest BCUT2D eigenvalue weighted by molar-refractivity contribution is 7.16. The molecule has 0 bridgehead atoms. The molecule has 0 saturated heterocycles. The number of nitrogens with zero attached hydrogens (tertiary/aromatic N) is 2. The minimum absolute atomic E-state index is 0.366. The molecule has 6 heteroatoms. The molecular weight excluding hydrogens is 382 g/mol. The first-order valence-corrected chi connectivity index (χ1v) is 10.5. The van der Waals surface area contributed by atoms with Crippen LogP contribution in [0.1, 0.15) is 33.9 Å². The lowest BCUT2D eigenvalue weighted by molar-refractivity contribution is -0.112. The lowest BCUT2D eigenvalue weighted by Crippen LogP contribution is -2.24. The second-order valence-corrected chi connectivity index (χ2v) is 8.23. The first-order valence-electron chi connectivity index (χ1n) is 9.70. The van der Waals surface area contributed by atoms with Gasteiger partial charge in [-0.2, -0.15) is 0 Å². The summed E-state index contributed by atoms with van der Waals surface area (Å²) < 4.78 is 1.77. The van der Waals surface area contributed by atoms with Gasteiger partial charge >= 0.3 is 0 Å². The van der Waals surface area contributed by atoms with E-state index in [1.54, 1.807) is 4.40 Å². The summed E-state index contributed by atoms with van der Waals surface area (Å²) >= 11 is 1.48. The van der Waals surface area contributed by atoms with Crippen molar-refractivity contribution in [1.29, 1.82) is 0 Å². The van der Waals surface area contributed by atoms with Gasteiger partial charge in [0.2, 0.25) is 0 Å². The molecule has 0 aliphatic heterocycles. The van der Waals surface area contributed by atoms with Gasteiger partial charge in [0.1, 0.15) is 5.69 Å². The number of rotatable bonds is 4. The maximum absolute atomic E-state index is 13.2. The van der Waals surface area contributed by atoms with E-state index in [4.69, 9.17) is 0 Å². The molecule has 1 N–H and O–H groups in total. The first kappa shape index (κ1) is 17.8. The Morgan fingerprint density at radius 3 is 2.62 bits per heavy atom. The number of thiazole rings is 1. The largest absolute Gasteiger partial charge is 0.313 e. The Morgan fingerprint density at radius 1 is 1.00 bits per heavy atom. The van der Waals surface area contributed by atoms with E-state index < -0.39 is 11.7 Å². The molecule has 0 atom stereocenters. The van der Waals surface area contributed by atoms with E-state index in [0.717, 1.165) is 48.0 Å². The van der Waals surface area contributed by atoms with E-state index >= 15 is 0 Å². The topological polar surface area (TPSA) is 63.5 Å². The third-order valence-corrected chi connectivity index (χ3v) is 6.32. The van der Waals surface area contributed by atoms with Gasteiger partial charge in [0.15, 0.2) is 5.13 Å². The summed E-state index contributed by atoms with van der Waals surface area (Å²) in [5, 5.41) is 3.25. The van der Waals surface area contributed by atoms with Crippen molar-refractivity contribution in [2.45, 2.75) is 25.7 Å². The zero-order chi connectivity index (χ0) is 19.8. The maximum atomic E-state index is 13.2. The number of ketones is 1. The molecule has 1 amide bonds. The molecule has 1 aliphatic rings. The number of aromatic nitrogens is 2. The highest BCUT2D eigenvalue weighted by atomic mass is 32.1. The third-order valence-electron chi connectivity index (χ3n) is 5.25. The fourth-order valence-electron chi connectivity index (χ4n) is 3.86. The van der Waals surface area contributed by atoms with Crippen molar-refractivity contribution in [2.24, 2.45) is 0 Å². The summed E-state index contributed by atoms with van der Waals surface area (Å²) in [7, 11) is 0. The van der Waals surface area contributed by atoms with Gasteiger partial charge in [-0.05, 0) is 49.4 Å². The van der Waals surface area contributed by atoms with Crippen molar-refractivity contribution in [3.05, 3.63) is 77.1 Å². The molecule has 5 rings (SSSR count). The van der Waals surface area contributed by atoms with E-state index in [-0.39, 0.29) is 0 Å². The van der Waals surface area contributed by atoms with Crippen molar-refractivity contribution in [3.63, 3.8) is 0 Å². The van der Waals surface area contributed by atoms with Gasteiger partial charge < -0.3 is 4.40 Å². The molecule has 0 unspecified atom stereocenters. The number of Topliss-reactive ketones (excluding diaryl/α,β-unsaturated/α-hetero) is 1. The van der Waals surface area contributed by atoms with Crippen molar-refractivity contribution >= 4 is 33.7 Å². The second kappa shape index (κ2) is 7.29. The first-order chi connectivity index (χ1) is 14.2. The molecule has 1 aliphatic carbocycles. The SMILES string of the molecule is O=C(Nc1nc2c(s1)CCCC2)C(=O)c1c(-c2ccccc2)cc2ccccn12. The number of hydrogen-bond acceptors (Lipinski definition) is 4. The predicted octanol–water partition coefficient (Wildman–Crippen LogP) is 4.76. The fourth-order valence-corrected chi connectivity index (χ4v) is 4.90. The standard InChI is InChI=1S/C23H19N3O2S/c27-21(22(28)25-23-24-18-11-4-5-12-19(18)29-23)20-17(15-8-2-1-3-9-15)14-16-10-6-7-13-26(16)20/h1-3,6-10,13-14H,4-5,11-12H2,(H,24,25,28).